The molecule has 2 aromatic rings. The lowest BCUT2D eigenvalue weighted by Crippen LogP contribution is -2.19. The molecule has 2 N–H and O–H groups in total. The zero-order valence-electron chi connectivity index (χ0n) is 13.3. The lowest BCUT2D eigenvalue weighted by molar-refractivity contribution is -0.117. The molecule has 0 aliphatic rings. The molecule has 126 valence electrons. The molecule has 23 heavy (non-hydrogen) atoms. The number of benzene rings is 1. The first-order valence-corrected chi connectivity index (χ1v) is 7.21. The summed E-state index contributed by atoms with van der Waals surface area (Å²) in [5.41, 5.74) is 2.90. The van der Waals surface area contributed by atoms with E-state index in [4.69, 9.17) is 0 Å². The van der Waals surface area contributed by atoms with Crippen molar-refractivity contribution in [3.63, 3.8) is 0 Å². The Morgan fingerprint density at radius 1 is 1.22 bits per heavy atom. The first-order chi connectivity index (χ1) is 10.2. The summed E-state index contributed by atoms with van der Waals surface area (Å²) in [5.74, 6) is -0.250. The van der Waals surface area contributed by atoms with Crippen LogP contribution in [-0.2, 0) is 11.3 Å². The van der Waals surface area contributed by atoms with Gasteiger partial charge in [-0.1, -0.05) is 25.1 Å². The Labute approximate surface area is 149 Å². The molecule has 0 bridgehead atoms. The minimum Gasteiger partial charge on any atom is -0.326 e. The summed E-state index contributed by atoms with van der Waals surface area (Å²) >= 11 is 0. The Bertz CT molecular complexity index is 593. The van der Waals surface area contributed by atoms with Crippen molar-refractivity contribution in [3.8, 4) is 0 Å². The second kappa shape index (κ2) is 11.0. The molecule has 6 heteroatoms. The van der Waals surface area contributed by atoms with E-state index in [-0.39, 0.29) is 36.6 Å². The summed E-state index contributed by atoms with van der Waals surface area (Å²) in [7, 11) is 0. The van der Waals surface area contributed by atoms with Gasteiger partial charge < -0.3 is 10.6 Å². The lowest BCUT2D eigenvalue weighted by atomic mass is 10.0. The van der Waals surface area contributed by atoms with Crippen molar-refractivity contribution in [1.82, 2.24) is 10.3 Å². The predicted octanol–water partition coefficient (Wildman–Crippen LogP) is 3.78. The number of hydrogen-bond donors (Lipinski definition) is 2. The van der Waals surface area contributed by atoms with E-state index in [2.05, 4.69) is 22.5 Å². The Kier molecular flexibility index (Phi) is 10.2. The van der Waals surface area contributed by atoms with Gasteiger partial charge in [-0.3, -0.25) is 9.78 Å². The second-order valence-corrected chi connectivity index (χ2v) is 4.98. The molecule has 0 aliphatic heterocycles. The summed E-state index contributed by atoms with van der Waals surface area (Å²) in [5, 5.41) is 6.24. The van der Waals surface area contributed by atoms with Crippen molar-refractivity contribution in [2.45, 2.75) is 26.3 Å². The smallest absolute Gasteiger partial charge is 0.231 e. The Morgan fingerprint density at radius 2 is 2.00 bits per heavy atom. The molecular formula is C17H23Cl2N3O. The van der Waals surface area contributed by atoms with E-state index in [1.807, 2.05) is 43.3 Å². The van der Waals surface area contributed by atoms with E-state index >= 15 is 0 Å². The zero-order valence-corrected chi connectivity index (χ0v) is 14.9. The summed E-state index contributed by atoms with van der Waals surface area (Å²) < 4.78 is 0. The third-order valence-corrected chi connectivity index (χ3v) is 3.35. The largest absolute Gasteiger partial charge is 0.326 e. The number of aromatic nitrogens is 1. The fraction of sp³-hybridized carbons (Fsp3) is 0.294. The van der Waals surface area contributed by atoms with Gasteiger partial charge in [0.25, 0.3) is 0 Å². The van der Waals surface area contributed by atoms with Crippen molar-refractivity contribution in [2.24, 2.45) is 0 Å². The van der Waals surface area contributed by atoms with Gasteiger partial charge in [0.2, 0.25) is 5.91 Å². The average Bonchev–Trinajstić information content (AvgIpc) is 2.53. The molecule has 0 saturated carbocycles. The number of anilines is 1. The van der Waals surface area contributed by atoms with Crippen LogP contribution < -0.4 is 10.6 Å². The molecule has 1 aromatic heterocycles. The highest BCUT2D eigenvalue weighted by atomic mass is 35.5. The van der Waals surface area contributed by atoms with Gasteiger partial charge >= 0.3 is 0 Å². The number of halogens is 2. The monoisotopic (exact) mass is 355 g/mol. The molecule has 0 radical (unpaired) electrons. The van der Waals surface area contributed by atoms with Crippen LogP contribution in [0, 0.1) is 0 Å². The number of amides is 1. The van der Waals surface area contributed by atoms with Crippen molar-refractivity contribution < 1.29 is 4.79 Å². The molecular weight excluding hydrogens is 333 g/mol. The van der Waals surface area contributed by atoms with E-state index in [9.17, 15) is 4.79 Å². The molecule has 1 amide bonds. The van der Waals surface area contributed by atoms with Crippen LogP contribution in [0.2, 0.25) is 0 Å². The maximum absolute atomic E-state index is 12.3. The van der Waals surface area contributed by atoms with Crippen LogP contribution in [0.4, 0.5) is 5.69 Å². The summed E-state index contributed by atoms with van der Waals surface area (Å²) in [4.78, 5) is 16.3. The maximum atomic E-state index is 12.3. The van der Waals surface area contributed by atoms with Crippen LogP contribution in [0.1, 0.15) is 30.9 Å². The first kappa shape index (κ1) is 21.4. The predicted molar refractivity (Wildman–Crippen MR) is 99.6 cm³/mol. The quantitative estimate of drug-likeness (QED) is 0.828. The fourth-order valence-electron chi connectivity index (χ4n) is 2.06. The van der Waals surface area contributed by atoms with Crippen LogP contribution in [0.15, 0.2) is 48.8 Å². The molecule has 4 nitrogen and oxygen atoms in total. The third-order valence-electron chi connectivity index (χ3n) is 3.35. The van der Waals surface area contributed by atoms with Crippen molar-refractivity contribution in [1.29, 1.82) is 0 Å². The lowest BCUT2D eigenvalue weighted by Gasteiger charge is -2.13. The molecule has 0 fully saturated rings. The second-order valence-electron chi connectivity index (χ2n) is 4.98. The number of hydrogen-bond acceptors (Lipinski definition) is 3. The Balaban J connectivity index is 0.00000242. The van der Waals surface area contributed by atoms with Crippen molar-refractivity contribution in [2.75, 3.05) is 11.9 Å². The molecule has 1 atom stereocenters. The van der Waals surface area contributed by atoms with Crippen LogP contribution in [0.5, 0.6) is 0 Å². The number of rotatable bonds is 6. The highest BCUT2D eigenvalue weighted by Crippen LogP contribution is 2.17. The number of nitrogens with one attached hydrogen (secondary N) is 2. The van der Waals surface area contributed by atoms with Gasteiger partial charge in [-0.15, -0.1) is 24.8 Å². The Hall–Kier alpha value is -1.62. The summed E-state index contributed by atoms with van der Waals surface area (Å²) in [6.45, 7) is 5.68. The number of carbonyl (C=O) groups excluding carboxylic acids is 1. The number of nitrogens with zero attached hydrogens (tertiary/aromatic N) is 1. The van der Waals surface area contributed by atoms with Gasteiger partial charge in [0.1, 0.15) is 0 Å². The molecule has 1 heterocycles. The molecule has 2 rings (SSSR count). The average molecular weight is 356 g/mol. The highest BCUT2D eigenvalue weighted by molar-refractivity contribution is 5.95. The van der Waals surface area contributed by atoms with Crippen molar-refractivity contribution >= 4 is 36.4 Å². The maximum Gasteiger partial charge on any atom is 0.231 e. The van der Waals surface area contributed by atoms with E-state index in [0.717, 1.165) is 29.9 Å². The number of carbonyl (C=O) groups is 1. The minimum atomic E-state index is -0.226. The van der Waals surface area contributed by atoms with Gasteiger partial charge in [0.05, 0.1) is 5.92 Å². The molecule has 1 aromatic carbocycles. The normalized spacial score (nSPS) is 10.9. The Morgan fingerprint density at radius 3 is 2.65 bits per heavy atom. The molecule has 0 aliphatic carbocycles. The van der Waals surface area contributed by atoms with Gasteiger partial charge in [0.15, 0.2) is 0 Å². The number of pyridine rings is 1. The first-order valence-electron chi connectivity index (χ1n) is 7.21. The third kappa shape index (κ3) is 6.57. The van der Waals surface area contributed by atoms with Crippen LogP contribution >= 0.6 is 24.8 Å². The van der Waals surface area contributed by atoms with Gasteiger partial charge in [-0.05, 0) is 42.8 Å². The van der Waals surface area contributed by atoms with E-state index in [1.54, 1.807) is 12.4 Å². The van der Waals surface area contributed by atoms with Gasteiger partial charge in [-0.25, -0.2) is 0 Å². The van der Waals surface area contributed by atoms with Crippen LogP contribution in [-0.4, -0.2) is 17.4 Å². The zero-order chi connectivity index (χ0) is 15.1. The summed E-state index contributed by atoms with van der Waals surface area (Å²) in [6.07, 6.45) is 3.43. The standard InChI is InChI=1S/C17H21N3O.2ClH/c1-3-18-11-14-6-4-8-16(10-14)20-17(21)13(2)15-7-5-9-19-12-15;;/h4-10,12-13,18H,3,11H2,1-2H3,(H,20,21);2*1H. The van der Waals surface area contributed by atoms with E-state index < -0.39 is 0 Å². The molecule has 0 saturated heterocycles. The van der Waals surface area contributed by atoms with Gasteiger partial charge in [0, 0.05) is 24.6 Å². The van der Waals surface area contributed by atoms with Crippen molar-refractivity contribution in [3.05, 3.63) is 59.9 Å². The minimum absolute atomic E-state index is 0. The van der Waals surface area contributed by atoms with Gasteiger partial charge in [-0.2, -0.15) is 0 Å². The van der Waals surface area contributed by atoms with Crippen LogP contribution in [0.25, 0.3) is 0 Å². The summed E-state index contributed by atoms with van der Waals surface area (Å²) in [6, 6.07) is 11.7. The molecule has 1 unspecified atom stereocenters. The molecule has 0 spiro atoms. The highest BCUT2D eigenvalue weighted by Gasteiger charge is 2.15. The van der Waals surface area contributed by atoms with E-state index in [1.165, 1.54) is 0 Å². The topological polar surface area (TPSA) is 54.0 Å². The van der Waals surface area contributed by atoms with Crippen LogP contribution in [0.3, 0.4) is 0 Å². The SMILES string of the molecule is CCNCc1cccc(NC(=O)C(C)c2cccnc2)c1.Cl.Cl. The fourth-order valence-corrected chi connectivity index (χ4v) is 2.06. The van der Waals surface area contributed by atoms with E-state index in [0.29, 0.717) is 0 Å².